The van der Waals surface area contributed by atoms with Gasteiger partial charge in [-0.1, -0.05) is 0 Å². The molecule has 0 amide bonds. The van der Waals surface area contributed by atoms with E-state index in [2.05, 4.69) is 35.6 Å². The van der Waals surface area contributed by atoms with Crippen LogP contribution in [0.2, 0.25) is 0 Å². The summed E-state index contributed by atoms with van der Waals surface area (Å²) < 4.78 is 11.3. The number of hydrogen-bond donors (Lipinski definition) is 2. The van der Waals surface area contributed by atoms with Crippen LogP contribution in [-0.4, -0.2) is 39.1 Å². The van der Waals surface area contributed by atoms with Gasteiger partial charge >= 0.3 is 0 Å². The summed E-state index contributed by atoms with van der Waals surface area (Å²) in [4.78, 5) is 22.5. The number of nitrogens with zero attached hydrogens (tertiary/aromatic N) is 5. The van der Waals surface area contributed by atoms with E-state index in [0.29, 0.717) is 40.3 Å². The zero-order valence-corrected chi connectivity index (χ0v) is 18.1. The average Bonchev–Trinajstić information content (AvgIpc) is 3.20. The SMILES string of the molecule is CNc1ncc(-c2nc3cc(OC)ccc3o2)c2cc(Nc3cc(C)nc(C)n3)ncc12. The van der Waals surface area contributed by atoms with Crippen LogP contribution < -0.4 is 15.4 Å². The Hall–Kier alpha value is -4.27. The summed E-state index contributed by atoms with van der Waals surface area (Å²) in [7, 11) is 3.45. The van der Waals surface area contributed by atoms with Crippen LogP contribution in [0.4, 0.5) is 17.5 Å². The second-order valence-corrected chi connectivity index (χ2v) is 7.31. The highest BCUT2D eigenvalue weighted by Crippen LogP contribution is 2.34. The van der Waals surface area contributed by atoms with Crippen molar-refractivity contribution in [2.24, 2.45) is 0 Å². The number of hydrogen-bond acceptors (Lipinski definition) is 9. The van der Waals surface area contributed by atoms with Gasteiger partial charge in [0.2, 0.25) is 5.89 Å². The lowest BCUT2D eigenvalue weighted by Crippen LogP contribution is -2.01. The van der Waals surface area contributed by atoms with Crippen LogP contribution in [-0.2, 0) is 0 Å². The second kappa shape index (κ2) is 7.77. The van der Waals surface area contributed by atoms with Crippen molar-refractivity contribution in [3.8, 4) is 17.2 Å². The third-order valence-electron chi connectivity index (χ3n) is 5.06. The number of fused-ring (bicyclic) bond motifs is 2. The van der Waals surface area contributed by atoms with E-state index in [-0.39, 0.29) is 0 Å². The van der Waals surface area contributed by atoms with Crippen molar-refractivity contribution in [1.29, 1.82) is 0 Å². The molecular formula is C23H21N7O2. The van der Waals surface area contributed by atoms with E-state index in [4.69, 9.17) is 9.15 Å². The van der Waals surface area contributed by atoms with Crippen LogP contribution in [0, 0.1) is 13.8 Å². The van der Waals surface area contributed by atoms with E-state index in [1.165, 1.54) is 0 Å². The third-order valence-corrected chi connectivity index (χ3v) is 5.06. The molecule has 5 aromatic rings. The Bertz CT molecular complexity index is 1440. The lowest BCUT2D eigenvalue weighted by atomic mass is 10.1. The molecule has 9 heteroatoms. The predicted molar refractivity (Wildman–Crippen MR) is 123 cm³/mol. The van der Waals surface area contributed by atoms with Gasteiger partial charge in [-0.05, 0) is 32.0 Å². The molecule has 0 unspecified atom stereocenters. The Morgan fingerprint density at radius 3 is 2.56 bits per heavy atom. The van der Waals surface area contributed by atoms with E-state index < -0.39 is 0 Å². The van der Waals surface area contributed by atoms with Crippen LogP contribution in [0.3, 0.4) is 0 Å². The minimum absolute atomic E-state index is 0.472. The van der Waals surface area contributed by atoms with Gasteiger partial charge in [-0.15, -0.1) is 0 Å². The zero-order valence-electron chi connectivity index (χ0n) is 18.1. The molecule has 0 saturated carbocycles. The molecule has 1 aromatic carbocycles. The van der Waals surface area contributed by atoms with Crippen LogP contribution in [0.25, 0.3) is 33.3 Å². The minimum Gasteiger partial charge on any atom is -0.497 e. The number of nitrogens with one attached hydrogen (secondary N) is 2. The molecule has 0 atom stereocenters. The van der Waals surface area contributed by atoms with Gasteiger partial charge in [-0.25, -0.2) is 24.9 Å². The molecule has 0 spiro atoms. The summed E-state index contributed by atoms with van der Waals surface area (Å²) >= 11 is 0. The number of oxazole rings is 1. The van der Waals surface area contributed by atoms with Crippen molar-refractivity contribution < 1.29 is 9.15 Å². The Kier molecular flexibility index (Phi) is 4.78. The molecule has 0 saturated heterocycles. The quantitative estimate of drug-likeness (QED) is 0.414. The summed E-state index contributed by atoms with van der Waals surface area (Å²) in [5, 5.41) is 8.12. The lowest BCUT2D eigenvalue weighted by molar-refractivity contribution is 0.415. The monoisotopic (exact) mass is 427 g/mol. The van der Waals surface area contributed by atoms with Crippen molar-refractivity contribution in [3.05, 3.63) is 54.2 Å². The Morgan fingerprint density at radius 2 is 1.78 bits per heavy atom. The molecule has 4 heterocycles. The fourth-order valence-electron chi connectivity index (χ4n) is 3.63. The van der Waals surface area contributed by atoms with Crippen molar-refractivity contribution in [3.63, 3.8) is 0 Å². The van der Waals surface area contributed by atoms with Crippen LogP contribution in [0.1, 0.15) is 11.5 Å². The first-order valence-corrected chi connectivity index (χ1v) is 10.0. The van der Waals surface area contributed by atoms with Crippen molar-refractivity contribution in [2.75, 3.05) is 24.8 Å². The Balaban J connectivity index is 1.64. The molecule has 32 heavy (non-hydrogen) atoms. The van der Waals surface area contributed by atoms with Crippen LogP contribution in [0.15, 0.2) is 47.1 Å². The summed E-state index contributed by atoms with van der Waals surface area (Å²) in [6, 6.07) is 9.34. The van der Waals surface area contributed by atoms with Gasteiger partial charge in [0.1, 0.15) is 34.5 Å². The molecule has 5 rings (SSSR count). The largest absolute Gasteiger partial charge is 0.497 e. The predicted octanol–water partition coefficient (Wildman–Crippen LogP) is 4.64. The molecule has 0 aliphatic carbocycles. The van der Waals surface area contributed by atoms with Gasteiger partial charge in [0.25, 0.3) is 0 Å². The van der Waals surface area contributed by atoms with Crippen molar-refractivity contribution >= 4 is 39.3 Å². The standard InChI is InChI=1S/C23H21N7O2/c1-12-7-21(28-13(2)27-12)30-20-9-15-16(10-25-20)22(24-3)26-11-17(15)23-29-18-8-14(31-4)5-6-19(18)32-23/h5-11H,1-4H3,(H,24,26)(H,25,27,28,30). The zero-order chi connectivity index (χ0) is 22.2. The highest BCUT2D eigenvalue weighted by molar-refractivity contribution is 6.01. The molecule has 0 aliphatic rings. The second-order valence-electron chi connectivity index (χ2n) is 7.31. The number of benzene rings is 1. The van der Waals surface area contributed by atoms with Gasteiger partial charge in [0.05, 0.1) is 12.7 Å². The fraction of sp³-hybridized carbons (Fsp3) is 0.174. The first-order chi connectivity index (χ1) is 15.5. The van der Waals surface area contributed by atoms with Gasteiger partial charge in [-0.3, -0.25) is 0 Å². The number of pyridine rings is 2. The summed E-state index contributed by atoms with van der Waals surface area (Å²) in [5.41, 5.74) is 3.02. The molecular weight excluding hydrogens is 406 g/mol. The molecule has 0 radical (unpaired) electrons. The number of methoxy groups -OCH3 is 1. The van der Waals surface area contributed by atoms with E-state index in [1.54, 1.807) is 19.5 Å². The molecule has 4 aromatic heterocycles. The number of aryl methyl sites for hydroxylation is 2. The minimum atomic E-state index is 0.472. The fourth-order valence-corrected chi connectivity index (χ4v) is 3.63. The first-order valence-electron chi connectivity index (χ1n) is 10.0. The van der Waals surface area contributed by atoms with E-state index in [9.17, 15) is 0 Å². The normalized spacial score (nSPS) is 11.1. The van der Waals surface area contributed by atoms with Crippen molar-refractivity contribution in [1.82, 2.24) is 24.9 Å². The molecule has 160 valence electrons. The van der Waals surface area contributed by atoms with Gasteiger partial charge in [0, 0.05) is 48.0 Å². The highest BCUT2D eigenvalue weighted by atomic mass is 16.5. The smallest absolute Gasteiger partial charge is 0.229 e. The van der Waals surface area contributed by atoms with Gasteiger partial charge in [0.15, 0.2) is 5.58 Å². The van der Waals surface area contributed by atoms with Crippen LogP contribution >= 0.6 is 0 Å². The highest BCUT2D eigenvalue weighted by Gasteiger charge is 2.16. The maximum Gasteiger partial charge on any atom is 0.229 e. The van der Waals surface area contributed by atoms with E-state index >= 15 is 0 Å². The Labute approximate surface area is 183 Å². The number of aromatic nitrogens is 5. The van der Waals surface area contributed by atoms with Gasteiger partial charge < -0.3 is 19.8 Å². The van der Waals surface area contributed by atoms with Crippen molar-refractivity contribution in [2.45, 2.75) is 13.8 Å². The first kappa shape index (κ1) is 19.7. The average molecular weight is 427 g/mol. The van der Waals surface area contributed by atoms with E-state index in [0.717, 1.165) is 27.8 Å². The number of rotatable bonds is 5. The van der Waals surface area contributed by atoms with E-state index in [1.807, 2.05) is 51.2 Å². The van der Waals surface area contributed by atoms with Gasteiger partial charge in [-0.2, -0.15) is 0 Å². The molecule has 0 fully saturated rings. The summed E-state index contributed by atoms with van der Waals surface area (Å²) in [5.74, 6) is 3.92. The lowest BCUT2D eigenvalue weighted by Gasteiger charge is -2.11. The summed E-state index contributed by atoms with van der Waals surface area (Å²) in [6.07, 6.45) is 3.52. The topological polar surface area (TPSA) is 111 Å². The number of ether oxygens (including phenoxy) is 1. The Morgan fingerprint density at radius 1 is 0.906 bits per heavy atom. The number of anilines is 3. The molecule has 9 nitrogen and oxygen atoms in total. The maximum absolute atomic E-state index is 6.04. The maximum atomic E-state index is 6.04. The molecule has 2 N–H and O–H groups in total. The summed E-state index contributed by atoms with van der Waals surface area (Å²) in [6.45, 7) is 3.79. The molecule has 0 bridgehead atoms. The third kappa shape index (κ3) is 3.53. The molecule has 0 aliphatic heterocycles. The van der Waals surface area contributed by atoms with Crippen LogP contribution in [0.5, 0.6) is 5.75 Å².